The van der Waals surface area contributed by atoms with Crippen molar-refractivity contribution < 1.29 is 8.78 Å². The van der Waals surface area contributed by atoms with E-state index in [1.807, 2.05) is 6.07 Å². The number of hydrogen-bond acceptors (Lipinski definition) is 1. The van der Waals surface area contributed by atoms with E-state index >= 15 is 0 Å². The summed E-state index contributed by atoms with van der Waals surface area (Å²) in [5.74, 6) is 0. The van der Waals surface area contributed by atoms with Crippen molar-refractivity contribution in [2.45, 2.75) is 13.3 Å². The van der Waals surface area contributed by atoms with Crippen molar-refractivity contribution in [2.75, 3.05) is 0 Å². The van der Waals surface area contributed by atoms with Crippen LogP contribution in [0.2, 0.25) is 0 Å². The van der Waals surface area contributed by atoms with Crippen molar-refractivity contribution in [3.8, 4) is 6.07 Å². The number of nitriles is 1. The maximum absolute atomic E-state index is 12.2. The molecule has 0 aliphatic heterocycles. The average Bonchev–Trinajstić information content (AvgIpc) is 2.04. The summed E-state index contributed by atoms with van der Waals surface area (Å²) in [5.41, 5.74) is 0.622. The fraction of sp³-hybridized carbons (Fsp3) is 0.222. The van der Waals surface area contributed by atoms with Crippen LogP contribution in [0.5, 0.6) is 0 Å². The van der Waals surface area contributed by atoms with Crippen LogP contribution in [0.1, 0.15) is 23.1 Å². The lowest BCUT2D eigenvalue weighted by atomic mass is 10.0. The van der Waals surface area contributed by atoms with Gasteiger partial charge in [0, 0.05) is 5.56 Å². The van der Waals surface area contributed by atoms with E-state index < -0.39 is 6.43 Å². The molecule has 0 aliphatic rings. The fourth-order valence-electron chi connectivity index (χ4n) is 1.01. The van der Waals surface area contributed by atoms with Crippen LogP contribution in [0.15, 0.2) is 18.2 Å². The molecule has 1 aromatic rings. The van der Waals surface area contributed by atoms with E-state index in [1.54, 1.807) is 0 Å². The Hall–Kier alpha value is -1.43. The van der Waals surface area contributed by atoms with Crippen molar-refractivity contribution in [1.29, 1.82) is 5.26 Å². The fourth-order valence-corrected chi connectivity index (χ4v) is 1.01. The van der Waals surface area contributed by atoms with Gasteiger partial charge in [-0.1, -0.05) is 12.1 Å². The number of rotatable bonds is 1. The van der Waals surface area contributed by atoms with Crippen molar-refractivity contribution in [3.63, 3.8) is 0 Å². The molecule has 0 aliphatic carbocycles. The Morgan fingerprint density at radius 2 is 2.08 bits per heavy atom. The summed E-state index contributed by atoms with van der Waals surface area (Å²) in [5, 5.41) is 8.53. The second-order valence-electron chi connectivity index (χ2n) is 2.43. The highest BCUT2D eigenvalue weighted by Gasteiger charge is 2.11. The Balaban J connectivity index is 3.25. The molecular formula is C9H7F2N. The van der Waals surface area contributed by atoms with Gasteiger partial charge >= 0.3 is 0 Å². The van der Waals surface area contributed by atoms with E-state index in [-0.39, 0.29) is 5.56 Å². The third-order valence-corrected chi connectivity index (χ3v) is 1.73. The summed E-state index contributed by atoms with van der Waals surface area (Å²) in [6.07, 6.45) is -2.50. The molecule has 0 bridgehead atoms. The SMILES string of the molecule is Cc1c(C#N)cccc1C(F)F. The molecule has 0 heterocycles. The first-order valence-electron chi connectivity index (χ1n) is 3.44. The first-order valence-corrected chi connectivity index (χ1v) is 3.44. The van der Waals surface area contributed by atoms with Crippen LogP contribution >= 0.6 is 0 Å². The van der Waals surface area contributed by atoms with E-state index in [0.717, 1.165) is 0 Å². The zero-order valence-corrected chi connectivity index (χ0v) is 6.51. The first kappa shape index (κ1) is 8.66. The molecule has 0 amide bonds. The Labute approximate surface area is 69.2 Å². The van der Waals surface area contributed by atoms with Crippen LogP contribution in [0, 0.1) is 18.3 Å². The molecule has 0 atom stereocenters. The van der Waals surface area contributed by atoms with Crippen molar-refractivity contribution in [2.24, 2.45) is 0 Å². The highest BCUT2D eigenvalue weighted by atomic mass is 19.3. The third kappa shape index (κ3) is 1.42. The van der Waals surface area contributed by atoms with Crippen molar-refractivity contribution >= 4 is 0 Å². The number of hydrogen-bond donors (Lipinski definition) is 0. The molecule has 62 valence electrons. The Kier molecular flexibility index (Phi) is 2.39. The van der Waals surface area contributed by atoms with Gasteiger partial charge in [0.05, 0.1) is 11.6 Å². The molecule has 3 heteroatoms. The van der Waals surface area contributed by atoms with Gasteiger partial charge in [0.1, 0.15) is 0 Å². The molecule has 0 unspecified atom stereocenters. The van der Waals surface area contributed by atoms with Crippen LogP contribution in [0.25, 0.3) is 0 Å². The molecule has 12 heavy (non-hydrogen) atoms. The molecule has 0 saturated heterocycles. The minimum atomic E-state index is -2.50. The lowest BCUT2D eigenvalue weighted by Crippen LogP contribution is -1.92. The van der Waals surface area contributed by atoms with Crippen LogP contribution < -0.4 is 0 Å². The number of halogens is 2. The normalized spacial score (nSPS) is 9.92. The molecule has 1 nitrogen and oxygen atoms in total. The summed E-state index contributed by atoms with van der Waals surface area (Å²) in [6, 6.07) is 6.19. The molecule has 1 aromatic carbocycles. The van der Waals surface area contributed by atoms with Crippen LogP contribution in [0.3, 0.4) is 0 Å². The number of nitrogens with zero attached hydrogens (tertiary/aromatic N) is 1. The van der Waals surface area contributed by atoms with Crippen molar-refractivity contribution in [3.05, 3.63) is 34.9 Å². The van der Waals surface area contributed by atoms with Crippen molar-refractivity contribution in [1.82, 2.24) is 0 Å². The van der Waals surface area contributed by atoms with E-state index in [0.29, 0.717) is 11.1 Å². The van der Waals surface area contributed by atoms with Gasteiger partial charge in [-0.25, -0.2) is 8.78 Å². The van der Waals surface area contributed by atoms with Gasteiger partial charge in [-0.2, -0.15) is 5.26 Å². The van der Waals surface area contributed by atoms with Gasteiger partial charge < -0.3 is 0 Å². The second kappa shape index (κ2) is 3.31. The predicted molar refractivity (Wildman–Crippen MR) is 40.9 cm³/mol. The molecule has 0 saturated carbocycles. The lowest BCUT2D eigenvalue weighted by Gasteiger charge is -2.04. The van der Waals surface area contributed by atoms with E-state index in [4.69, 9.17) is 5.26 Å². The van der Waals surface area contributed by atoms with Gasteiger partial charge in [-0.3, -0.25) is 0 Å². The van der Waals surface area contributed by atoms with E-state index in [1.165, 1.54) is 25.1 Å². The molecule has 1 rings (SSSR count). The second-order valence-corrected chi connectivity index (χ2v) is 2.43. The maximum Gasteiger partial charge on any atom is 0.264 e. The summed E-state index contributed by atoms with van der Waals surface area (Å²) in [7, 11) is 0. The van der Waals surface area contributed by atoms with Gasteiger partial charge in [0.2, 0.25) is 0 Å². The minimum absolute atomic E-state index is 0.0611. The summed E-state index contributed by atoms with van der Waals surface area (Å²) < 4.78 is 24.5. The largest absolute Gasteiger partial charge is 0.264 e. The van der Waals surface area contributed by atoms with Crippen LogP contribution in [-0.4, -0.2) is 0 Å². The Bertz CT molecular complexity index is 326. The zero-order chi connectivity index (χ0) is 9.14. The number of benzene rings is 1. The highest BCUT2D eigenvalue weighted by molar-refractivity contribution is 5.42. The topological polar surface area (TPSA) is 23.8 Å². The van der Waals surface area contributed by atoms with Gasteiger partial charge in [-0.05, 0) is 18.6 Å². The van der Waals surface area contributed by atoms with Gasteiger partial charge in [0.25, 0.3) is 6.43 Å². The van der Waals surface area contributed by atoms with E-state index in [2.05, 4.69) is 0 Å². The molecule has 0 fully saturated rings. The summed E-state index contributed by atoms with van der Waals surface area (Å²) >= 11 is 0. The maximum atomic E-state index is 12.2. The third-order valence-electron chi connectivity index (χ3n) is 1.73. The average molecular weight is 167 g/mol. The quantitative estimate of drug-likeness (QED) is 0.630. The van der Waals surface area contributed by atoms with Gasteiger partial charge in [-0.15, -0.1) is 0 Å². The van der Waals surface area contributed by atoms with Crippen LogP contribution in [-0.2, 0) is 0 Å². The molecular weight excluding hydrogens is 160 g/mol. The smallest absolute Gasteiger partial charge is 0.205 e. The summed E-state index contributed by atoms with van der Waals surface area (Å²) in [4.78, 5) is 0. The van der Waals surface area contributed by atoms with Gasteiger partial charge in [0.15, 0.2) is 0 Å². The lowest BCUT2D eigenvalue weighted by molar-refractivity contribution is 0.150. The Morgan fingerprint density at radius 1 is 1.42 bits per heavy atom. The molecule has 0 radical (unpaired) electrons. The van der Waals surface area contributed by atoms with E-state index in [9.17, 15) is 8.78 Å². The summed E-state index contributed by atoms with van der Waals surface area (Å²) in [6.45, 7) is 1.53. The van der Waals surface area contributed by atoms with Crippen LogP contribution in [0.4, 0.5) is 8.78 Å². The zero-order valence-electron chi connectivity index (χ0n) is 6.51. The minimum Gasteiger partial charge on any atom is -0.205 e. The molecule has 0 N–H and O–H groups in total. The first-order chi connectivity index (χ1) is 5.66. The molecule has 0 spiro atoms. The predicted octanol–water partition coefficient (Wildman–Crippen LogP) is 2.80. The highest BCUT2D eigenvalue weighted by Crippen LogP contribution is 2.23. The number of alkyl halides is 2. The molecule has 0 aromatic heterocycles. The standard InChI is InChI=1S/C9H7F2N/c1-6-7(5-12)3-2-4-8(6)9(10)11/h2-4,9H,1H3. The monoisotopic (exact) mass is 167 g/mol. The Morgan fingerprint density at radius 3 is 2.58 bits per heavy atom.